The van der Waals surface area contributed by atoms with E-state index in [1.807, 2.05) is 18.2 Å². The number of nitrogens with one attached hydrogen (secondary N) is 2. The Hall–Kier alpha value is -2.02. The fourth-order valence-corrected chi connectivity index (χ4v) is 3.25. The van der Waals surface area contributed by atoms with Gasteiger partial charge < -0.3 is 15.7 Å². The van der Waals surface area contributed by atoms with Crippen LogP contribution in [-0.4, -0.2) is 34.2 Å². The fraction of sp³-hybridized carbons (Fsp3) is 0.400. The van der Waals surface area contributed by atoms with Crippen LogP contribution in [0.4, 0.5) is 5.69 Å². The molecule has 1 aromatic rings. The third-order valence-corrected chi connectivity index (χ3v) is 4.60. The number of anilines is 1. The standard InChI is InChI=1S/C15H18N2O4S/c1-8(2)13(15(20)21)17-12(18)7-11-14(19)16-9-5-3-4-6-10(9)22-11/h3-6,8,11,13H,7H2,1-2H3,(H,16,19)(H,17,18)(H,20,21)/t11-,13-/m0/s1. The Labute approximate surface area is 132 Å². The average molecular weight is 322 g/mol. The molecule has 118 valence electrons. The van der Waals surface area contributed by atoms with Crippen molar-refractivity contribution in [3.63, 3.8) is 0 Å². The lowest BCUT2D eigenvalue weighted by Gasteiger charge is -2.24. The summed E-state index contributed by atoms with van der Waals surface area (Å²) in [5.74, 6) is -1.98. The number of hydrogen-bond acceptors (Lipinski definition) is 4. The van der Waals surface area contributed by atoms with Crippen molar-refractivity contribution in [1.29, 1.82) is 0 Å². The van der Waals surface area contributed by atoms with Crippen molar-refractivity contribution >= 4 is 35.2 Å². The number of amides is 2. The van der Waals surface area contributed by atoms with Gasteiger partial charge in [-0.05, 0) is 18.1 Å². The highest BCUT2D eigenvalue weighted by Crippen LogP contribution is 2.36. The first-order valence-corrected chi connectivity index (χ1v) is 7.85. The van der Waals surface area contributed by atoms with Gasteiger partial charge in [-0.25, -0.2) is 4.79 Å². The number of aliphatic carboxylic acids is 1. The van der Waals surface area contributed by atoms with Crippen molar-refractivity contribution in [3.05, 3.63) is 24.3 Å². The van der Waals surface area contributed by atoms with Crippen LogP contribution in [0.2, 0.25) is 0 Å². The number of carboxylic acid groups (broad SMARTS) is 1. The lowest BCUT2D eigenvalue weighted by Crippen LogP contribution is -2.46. The molecule has 0 aliphatic carbocycles. The number of para-hydroxylation sites is 1. The predicted molar refractivity (Wildman–Crippen MR) is 83.7 cm³/mol. The number of carbonyl (C=O) groups is 3. The zero-order chi connectivity index (χ0) is 16.3. The zero-order valence-corrected chi connectivity index (χ0v) is 13.1. The summed E-state index contributed by atoms with van der Waals surface area (Å²) in [6.45, 7) is 3.44. The van der Waals surface area contributed by atoms with Crippen LogP contribution in [0.15, 0.2) is 29.2 Å². The lowest BCUT2D eigenvalue weighted by molar-refractivity contribution is -0.143. The molecule has 0 unspecified atom stereocenters. The summed E-state index contributed by atoms with van der Waals surface area (Å²) in [7, 11) is 0. The molecule has 7 heteroatoms. The van der Waals surface area contributed by atoms with Crippen LogP contribution in [0, 0.1) is 5.92 Å². The van der Waals surface area contributed by atoms with Gasteiger partial charge in [0, 0.05) is 11.3 Å². The van der Waals surface area contributed by atoms with Crippen LogP contribution < -0.4 is 10.6 Å². The van der Waals surface area contributed by atoms with E-state index in [4.69, 9.17) is 5.11 Å². The second kappa shape index (κ2) is 6.83. The lowest BCUT2D eigenvalue weighted by atomic mass is 10.0. The smallest absolute Gasteiger partial charge is 0.326 e. The van der Waals surface area contributed by atoms with Crippen LogP contribution in [0.3, 0.4) is 0 Å². The minimum Gasteiger partial charge on any atom is -0.480 e. The Morgan fingerprint density at radius 2 is 2.05 bits per heavy atom. The highest BCUT2D eigenvalue weighted by molar-refractivity contribution is 8.01. The van der Waals surface area contributed by atoms with Crippen molar-refractivity contribution in [2.45, 2.75) is 36.5 Å². The van der Waals surface area contributed by atoms with Crippen molar-refractivity contribution in [2.75, 3.05) is 5.32 Å². The molecule has 3 N–H and O–H groups in total. The number of hydrogen-bond donors (Lipinski definition) is 3. The van der Waals surface area contributed by atoms with Gasteiger partial charge in [0.1, 0.15) is 6.04 Å². The Bertz CT molecular complexity index is 603. The largest absolute Gasteiger partial charge is 0.480 e. The summed E-state index contributed by atoms with van der Waals surface area (Å²) in [5.41, 5.74) is 0.736. The average Bonchev–Trinajstić information content (AvgIpc) is 2.45. The zero-order valence-electron chi connectivity index (χ0n) is 12.3. The summed E-state index contributed by atoms with van der Waals surface area (Å²) < 4.78 is 0. The third kappa shape index (κ3) is 3.79. The van der Waals surface area contributed by atoms with Gasteiger partial charge in [0.2, 0.25) is 11.8 Å². The molecule has 0 radical (unpaired) electrons. The van der Waals surface area contributed by atoms with E-state index in [1.165, 1.54) is 11.8 Å². The van der Waals surface area contributed by atoms with Crippen LogP contribution in [0.25, 0.3) is 0 Å². The van der Waals surface area contributed by atoms with E-state index in [-0.39, 0.29) is 18.2 Å². The number of rotatable bonds is 5. The van der Waals surface area contributed by atoms with Crippen molar-refractivity contribution in [2.24, 2.45) is 5.92 Å². The molecule has 0 saturated carbocycles. The highest BCUT2D eigenvalue weighted by Gasteiger charge is 2.30. The molecule has 0 bridgehead atoms. The molecule has 1 aliphatic rings. The maximum Gasteiger partial charge on any atom is 0.326 e. The van der Waals surface area contributed by atoms with E-state index in [2.05, 4.69) is 10.6 Å². The summed E-state index contributed by atoms with van der Waals surface area (Å²) in [6.07, 6.45) is -0.0542. The van der Waals surface area contributed by atoms with E-state index in [1.54, 1.807) is 19.9 Å². The SMILES string of the molecule is CC(C)[C@H](NC(=O)C[C@@H]1Sc2ccccc2NC1=O)C(=O)O. The Morgan fingerprint density at radius 1 is 1.36 bits per heavy atom. The van der Waals surface area contributed by atoms with Gasteiger partial charge in [0.15, 0.2) is 0 Å². The number of thioether (sulfide) groups is 1. The van der Waals surface area contributed by atoms with Gasteiger partial charge in [-0.2, -0.15) is 0 Å². The molecule has 0 saturated heterocycles. The molecule has 2 amide bonds. The maximum atomic E-state index is 12.0. The van der Waals surface area contributed by atoms with E-state index < -0.39 is 23.2 Å². The minimum absolute atomic E-state index is 0.0542. The summed E-state index contributed by atoms with van der Waals surface area (Å²) in [5, 5.41) is 13.8. The number of benzene rings is 1. The van der Waals surface area contributed by atoms with Crippen LogP contribution in [0.1, 0.15) is 20.3 Å². The molecule has 22 heavy (non-hydrogen) atoms. The maximum absolute atomic E-state index is 12.0. The van der Waals surface area contributed by atoms with Gasteiger partial charge >= 0.3 is 5.97 Å². The Morgan fingerprint density at radius 3 is 2.68 bits per heavy atom. The van der Waals surface area contributed by atoms with Crippen LogP contribution >= 0.6 is 11.8 Å². The molecule has 2 rings (SSSR count). The fourth-order valence-electron chi connectivity index (χ4n) is 2.14. The first-order chi connectivity index (χ1) is 10.4. The topological polar surface area (TPSA) is 95.5 Å². The summed E-state index contributed by atoms with van der Waals surface area (Å²) in [6, 6.07) is 6.41. The van der Waals surface area contributed by atoms with Crippen LogP contribution in [0.5, 0.6) is 0 Å². The molecular formula is C15H18N2O4S. The van der Waals surface area contributed by atoms with Crippen molar-refractivity contribution < 1.29 is 19.5 Å². The van der Waals surface area contributed by atoms with Gasteiger partial charge in [0.05, 0.1) is 10.9 Å². The normalized spacial score (nSPS) is 18.3. The first-order valence-electron chi connectivity index (χ1n) is 6.97. The molecule has 0 aromatic heterocycles. The second-order valence-electron chi connectivity index (χ2n) is 5.42. The quantitative estimate of drug-likeness (QED) is 0.767. The van der Waals surface area contributed by atoms with Crippen molar-refractivity contribution in [3.8, 4) is 0 Å². The second-order valence-corrected chi connectivity index (χ2v) is 6.67. The number of fused-ring (bicyclic) bond motifs is 1. The highest BCUT2D eigenvalue weighted by atomic mass is 32.2. The van der Waals surface area contributed by atoms with E-state index >= 15 is 0 Å². The molecule has 1 aliphatic heterocycles. The molecule has 1 heterocycles. The van der Waals surface area contributed by atoms with Gasteiger partial charge in [-0.1, -0.05) is 26.0 Å². The molecule has 1 aromatic carbocycles. The number of carbonyl (C=O) groups excluding carboxylic acids is 2. The minimum atomic E-state index is -1.07. The summed E-state index contributed by atoms with van der Waals surface area (Å²) >= 11 is 1.32. The third-order valence-electron chi connectivity index (χ3n) is 3.33. The molecular weight excluding hydrogens is 304 g/mol. The van der Waals surface area contributed by atoms with Gasteiger partial charge in [0.25, 0.3) is 0 Å². The predicted octanol–water partition coefficient (Wildman–Crippen LogP) is 1.71. The first kappa shape index (κ1) is 16.4. The monoisotopic (exact) mass is 322 g/mol. The Kier molecular flexibility index (Phi) is 5.07. The summed E-state index contributed by atoms with van der Waals surface area (Å²) in [4.78, 5) is 36.0. The molecule has 0 spiro atoms. The molecule has 2 atom stereocenters. The van der Waals surface area contributed by atoms with Crippen molar-refractivity contribution in [1.82, 2.24) is 5.32 Å². The van der Waals surface area contributed by atoms with Gasteiger partial charge in [-0.3, -0.25) is 9.59 Å². The van der Waals surface area contributed by atoms with Gasteiger partial charge in [-0.15, -0.1) is 11.8 Å². The Balaban J connectivity index is 2.00. The number of carboxylic acids is 1. The molecule has 0 fully saturated rings. The van der Waals surface area contributed by atoms with E-state index in [0.29, 0.717) is 0 Å². The van der Waals surface area contributed by atoms with Crippen LogP contribution in [-0.2, 0) is 14.4 Å². The van der Waals surface area contributed by atoms with E-state index in [9.17, 15) is 14.4 Å². The van der Waals surface area contributed by atoms with E-state index in [0.717, 1.165) is 10.6 Å². The molecule has 6 nitrogen and oxygen atoms in total.